The maximum absolute atomic E-state index is 14.1. The topological polar surface area (TPSA) is 24.9 Å². The zero-order valence-electron chi connectivity index (χ0n) is 10.2. The summed E-state index contributed by atoms with van der Waals surface area (Å²) in [6, 6.07) is 2.98. The van der Waals surface area contributed by atoms with Gasteiger partial charge in [-0.25, -0.2) is 4.39 Å². The number of hydrogen-bond acceptors (Lipinski definition) is 2. The van der Waals surface area contributed by atoms with E-state index in [1.165, 1.54) is 6.07 Å². The van der Waals surface area contributed by atoms with Gasteiger partial charge in [0.05, 0.1) is 21.6 Å². The number of hydrogen-bond donors (Lipinski definition) is 1. The van der Waals surface area contributed by atoms with Gasteiger partial charge in [-0.3, -0.25) is 4.98 Å². The Morgan fingerprint density at radius 3 is 3.00 bits per heavy atom. The molecule has 18 heavy (non-hydrogen) atoms. The predicted octanol–water partition coefficient (Wildman–Crippen LogP) is 3.95. The highest BCUT2D eigenvalue weighted by Crippen LogP contribution is 2.37. The Labute approximate surface area is 110 Å². The van der Waals surface area contributed by atoms with E-state index in [2.05, 4.69) is 10.3 Å². The minimum absolute atomic E-state index is 0.257. The molecule has 1 heterocycles. The molecule has 0 radical (unpaired) electrons. The SMILES string of the molecule is CCNc1c2c(nc3c(Cl)ccc(F)c13)CCC2. The van der Waals surface area contributed by atoms with Gasteiger partial charge < -0.3 is 5.32 Å². The molecule has 0 fully saturated rings. The van der Waals surface area contributed by atoms with Gasteiger partial charge in [0.2, 0.25) is 0 Å². The van der Waals surface area contributed by atoms with Crippen molar-refractivity contribution in [3.63, 3.8) is 0 Å². The number of nitrogens with zero attached hydrogens (tertiary/aromatic N) is 1. The van der Waals surface area contributed by atoms with E-state index in [1.54, 1.807) is 6.07 Å². The minimum atomic E-state index is -0.257. The number of benzene rings is 1. The standard InChI is InChI=1S/C14H14ClFN2/c1-2-17-13-8-4-3-5-11(8)18-14-9(15)6-7-10(16)12(13)14/h6-7H,2-5H2,1H3,(H,17,18). The average molecular weight is 265 g/mol. The third kappa shape index (κ3) is 1.65. The quantitative estimate of drug-likeness (QED) is 0.888. The summed E-state index contributed by atoms with van der Waals surface area (Å²) in [6.45, 7) is 2.77. The summed E-state index contributed by atoms with van der Waals surface area (Å²) < 4.78 is 14.1. The van der Waals surface area contributed by atoms with Crippen LogP contribution >= 0.6 is 11.6 Å². The molecule has 1 aliphatic carbocycles. The summed E-state index contributed by atoms with van der Waals surface area (Å²) >= 11 is 6.15. The van der Waals surface area contributed by atoms with Crippen molar-refractivity contribution in [3.05, 3.63) is 34.2 Å². The largest absolute Gasteiger partial charge is 0.384 e. The van der Waals surface area contributed by atoms with Crippen LogP contribution in [0.5, 0.6) is 0 Å². The summed E-state index contributed by atoms with van der Waals surface area (Å²) in [7, 11) is 0. The zero-order chi connectivity index (χ0) is 12.7. The Morgan fingerprint density at radius 2 is 2.22 bits per heavy atom. The lowest BCUT2D eigenvalue weighted by atomic mass is 10.1. The second-order valence-corrected chi connectivity index (χ2v) is 4.96. The van der Waals surface area contributed by atoms with E-state index < -0.39 is 0 Å². The van der Waals surface area contributed by atoms with E-state index in [1.807, 2.05) is 6.92 Å². The van der Waals surface area contributed by atoms with Crippen LogP contribution in [0.4, 0.5) is 10.1 Å². The van der Waals surface area contributed by atoms with Crippen molar-refractivity contribution in [2.24, 2.45) is 0 Å². The third-order valence-corrected chi connectivity index (χ3v) is 3.72. The molecule has 0 bridgehead atoms. The average Bonchev–Trinajstić information content (AvgIpc) is 2.82. The molecule has 0 aliphatic heterocycles. The first-order chi connectivity index (χ1) is 8.72. The van der Waals surface area contributed by atoms with Crippen molar-refractivity contribution in [2.75, 3.05) is 11.9 Å². The molecule has 2 nitrogen and oxygen atoms in total. The van der Waals surface area contributed by atoms with Gasteiger partial charge in [0.15, 0.2) is 0 Å². The molecule has 4 heteroatoms. The molecule has 1 aromatic carbocycles. The highest BCUT2D eigenvalue weighted by molar-refractivity contribution is 6.35. The predicted molar refractivity (Wildman–Crippen MR) is 72.9 cm³/mol. The highest BCUT2D eigenvalue weighted by Gasteiger charge is 2.22. The van der Waals surface area contributed by atoms with Crippen LogP contribution in [0.25, 0.3) is 10.9 Å². The fourth-order valence-electron chi connectivity index (χ4n) is 2.67. The van der Waals surface area contributed by atoms with Crippen LogP contribution in [0.1, 0.15) is 24.6 Å². The second-order valence-electron chi connectivity index (χ2n) is 4.55. The molecule has 0 atom stereocenters. The van der Waals surface area contributed by atoms with E-state index in [-0.39, 0.29) is 5.82 Å². The molecular formula is C14H14ClFN2. The second kappa shape index (κ2) is 4.39. The minimum Gasteiger partial charge on any atom is -0.384 e. The summed E-state index contributed by atoms with van der Waals surface area (Å²) in [4.78, 5) is 4.55. The highest BCUT2D eigenvalue weighted by atomic mass is 35.5. The number of fused-ring (bicyclic) bond motifs is 2. The van der Waals surface area contributed by atoms with Crippen molar-refractivity contribution < 1.29 is 4.39 Å². The maximum Gasteiger partial charge on any atom is 0.134 e. The van der Waals surface area contributed by atoms with E-state index >= 15 is 0 Å². The number of nitrogens with one attached hydrogen (secondary N) is 1. The van der Waals surface area contributed by atoms with Gasteiger partial charge in [0, 0.05) is 12.2 Å². The normalized spacial score (nSPS) is 13.9. The van der Waals surface area contributed by atoms with Crippen molar-refractivity contribution in [1.29, 1.82) is 0 Å². The fraction of sp³-hybridized carbons (Fsp3) is 0.357. The lowest BCUT2D eigenvalue weighted by Crippen LogP contribution is -2.04. The molecule has 0 unspecified atom stereocenters. The summed E-state index contributed by atoms with van der Waals surface area (Å²) in [5.74, 6) is -0.257. The molecule has 1 aromatic heterocycles. The van der Waals surface area contributed by atoms with Gasteiger partial charge in [-0.15, -0.1) is 0 Å². The van der Waals surface area contributed by atoms with E-state index in [9.17, 15) is 4.39 Å². The van der Waals surface area contributed by atoms with E-state index in [0.29, 0.717) is 15.9 Å². The van der Waals surface area contributed by atoms with Gasteiger partial charge in [-0.2, -0.15) is 0 Å². The van der Waals surface area contributed by atoms with E-state index in [0.717, 1.165) is 42.8 Å². The van der Waals surface area contributed by atoms with Gasteiger partial charge in [0.25, 0.3) is 0 Å². The number of anilines is 1. The lowest BCUT2D eigenvalue weighted by molar-refractivity contribution is 0.639. The summed E-state index contributed by atoms with van der Waals surface area (Å²) in [6.07, 6.45) is 3.00. The molecule has 1 N–H and O–H groups in total. The van der Waals surface area contributed by atoms with Crippen LogP contribution in [-0.2, 0) is 12.8 Å². The summed E-state index contributed by atoms with van der Waals surface area (Å²) in [5.41, 5.74) is 3.68. The van der Waals surface area contributed by atoms with Crippen molar-refractivity contribution >= 4 is 28.2 Å². The van der Waals surface area contributed by atoms with E-state index in [4.69, 9.17) is 11.6 Å². The molecule has 0 amide bonds. The first kappa shape index (κ1) is 11.7. The van der Waals surface area contributed by atoms with Crippen LogP contribution in [0.2, 0.25) is 5.02 Å². The molecule has 0 spiro atoms. The fourth-order valence-corrected chi connectivity index (χ4v) is 2.87. The van der Waals surface area contributed by atoms with Crippen molar-refractivity contribution in [1.82, 2.24) is 4.98 Å². The van der Waals surface area contributed by atoms with Gasteiger partial charge in [-0.1, -0.05) is 11.6 Å². The monoisotopic (exact) mass is 264 g/mol. The van der Waals surface area contributed by atoms with Gasteiger partial charge >= 0.3 is 0 Å². The molecule has 94 valence electrons. The molecule has 2 aromatic rings. The van der Waals surface area contributed by atoms with Crippen LogP contribution in [0, 0.1) is 5.82 Å². The Hall–Kier alpha value is -1.35. The van der Waals surface area contributed by atoms with Crippen LogP contribution in [0.3, 0.4) is 0 Å². The first-order valence-electron chi connectivity index (χ1n) is 6.25. The number of aryl methyl sites for hydroxylation is 1. The Morgan fingerprint density at radius 1 is 1.39 bits per heavy atom. The van der Waals surface area contributed by atoms with Crippen LogP contribution < -0.4 is 5.32 Å². The third-order valence-electron chi connectivity index (χ3n) is 3.42. The smallest absolute Gasteiger partial charge is 0.134 e. The number of aromatic nitrogens is 1. The molecule has 0 saturated carbocycles. The first-order valence-corrected chi connectivity index (χ1v) is 6.63. The van der Waals surface area contributed by atoms with Crippen molar-refractivity contribution in [3.8, 4) is 0 Å². The Kier molecular flexibility index (Phi) is 2.86. The van der Waals surface area contributed by atoms with Crippen molar-refractivity contribution in [2.45, 2.75) is 26.2 Å². The molecular weight excluding hydrogens is 251 g/mol. The molecule has 0 saturated heterocycles. The van der Waals surface area contributed by atoms with Crippen LogP contribution in [-0.4, -0.2) is 11.5 Å². The number of pyridine rings is 1. The molecule has 1 aliphatic rings. The number of rotatable bonds is 2. The van der Waals surface area contributed by atoms with Crippen LogP contribution in [0.15, 0.2) is 12.1 Å². The maximum atomic E-state index is 14.1. The Bertz CT molecular complexity index is 625. The Balaban J connectivity index is 2.42. The zero-order valence-corrected chi connectivity index (χ0v) is 10.9. The lowest BCUT2D eigenvalue weighted by Gasteiger charge is -2.14. The molecule has 3 rings (SSSR count). The van der Waals surface area contributed by atoms with Gasteiger partial charge in [-0.05, 0) is 43.9 Å². The van der Waals surface area contributed by atoms with Gasteiger partial charge in [0.1, 0.15) is 5.82 Å². The summed E-state index contributed by atoms with van der Waals surface area (Å²) in [5, 5.41) is 4.33. The number of halogens is 2.